The molecule has 0 spiro atoms. The van der Waals surface area contributed by atoms with Gasteiger partial charge in [0.05, 0.1) is 12.8 Å². The monoisotopic (exact) mass is 233 g/mol. The molecular weight excluding hydrogens is 218 g/mol. The highest BCUT2D eigenvalue weighted by molar-refractivity contribution is 5.67. The van der Waals surface area contributed by atoms with Crippen molar-refractivity contribution in [2.24, 2.45) is 7.05 Å². The topological polar surface area (TPSA) is 78.0 Å². The summed E-state index contributed by atoms with van der Waals surface area (Å²) in [6, 6.07) is 5.37. The Labute approximate surface area is 99.4 Å². The first kappa shape index (κ1) is 11.3. The summed E-state index contributed by atoms with van der Waals surface area (Å²) in [6.07, 6.45) is 0. The Morgan fingerprint density at radius 2 is 2.18 bits per heavy atom. The lowest BCUT2D eigenvalue weighted by Crippen LogP contribution is -2.01. The maximum absolute atomic E-state index is 5.82. The van der Waals surface area contributed by atoms with Crippen molar-refractivity contribution in [1.29, 1.82) is 0 Å². The Kier molecular flexibility index (Phi) is 2.86. The second-order valence-electron chi connectivity index (χ2n) is 3.71. The van der Waals surface area contributed by atoms with Crippen molar-refractivity contribution in [3.63, 3.8) is 0 Å². The van der Waals surface area contributed by atoms with E-state index in [9.17, 15) is 0 Å². The van der Waals surface area contributed by atoms with E-state index in [0.29, 0.717) is 23.2 Å². The fourth-order valence-corrected chi connectivity index (χ4v) is 1.41. The highest BCUT2D eigenvalue weighted by atomic mass is 16.5. The van der Waals surface area contributed by atoms with Crippen molar-refractivity contribution < 1.29 is 4.74 Å². The van der Waals surface area contributed by atoms with Gasteiger partial charge in [-0.1, -0.05) is 0 Å². The minimum Gasteiger partial charge on any atom is -0.481 e. The molecule has 2 aromatic rings. The molecule has 2 rings (SSSR count). The first-order valence-corrected chi connectivity index (χ1v) is 5.18. The molecule has 6 nitrogen and oxygen atoms in total. The summed E-state index contributed by atoms with van der Waals surface area (Å²) in [5.74, 6) is 1.76. The molecule has 2 heterocycles. The van der Waals surface area contributed by atoms with Crippen molar-refractivity contribution in [3.8, 4) is 5.88 Å². The quantitative estimate of drug-likeness (QED) is 0.839. The number of hydrogen-bond donors (Lipinski definition) is 2. The highest BCUT2D eigenvalue weighted by Crippen LogP contribution is 2.23. The van der Waals surface area contributed by atoms with Gasteiger partial charge in [-0.25, -0.2) is 0 Å². The van der Waals surface area contributed by atoms with E-state index in [4.69, 9.17) is 10.5 Å². The molecule has 0 amide bonds. The molecule has 2 aromatic heterocycles. The Balaban J connectivity index is 2.28. The Bertz CT molecular complexity index is 515. The normalized spacial score (nSPS) is 10.3. The second kappa shape index (κ2) is 4.32. The third kappa shape index (κ3) is 2.30. The van der Waals surface area contributed by atoms with E-state index in [0.717, 1.165) is 5.69 Å². The molecule has 0 atom stereocenters. The van der Waals surface area contributed by atoms with E-state index < -0.39 is 0 Å². The van der Waals surface area contributed by atoms with Gasteiger partial charge in [0.1, 0.15) is 0 Å². The van der Waals surface area contributed by atoms with Gasteiger partial charge in [0.15, 0.2) is 11.6 Å². The molecule has 3 N–H and O–H groups in total. The summed E-state index contributed by atoms with van der Waals surface area (Å²) in [5, 5.41) is 7.33. The maximum Gasteiger partial charge on any atom is 0.215 e. The largest absolute Gasteiger partial charge is 0.481 e. The Hall–Kier alpha value is -2.24. The SMILES string of the molecule is COc1ccc(N)c(Nc2cc(C)n(C)n2)n1. The van der Waals surface area contributed by atoms with Gasteiger partial charge in [-0.05, 0) is 13.0 Å². The second-order valence-corrected chi connectivity index (χ2v) is 3.71. The number of hydrogen-bond acceptors (Lipinski definition) is 5. The fraction of sp³-hybridized carbons (Fsp3) is 0.273. The maximum atomic E-state index is 5.82. The third-order valence-electron chi connectivity index (χ3n) is 2.47. The van der Waals surface area contributed by atoms with Crippen LogP contribution in [0.4, 0.5) is 17.3 Å². The smallest absolute Gasteiger partial charge is 0.215 e. The van der Waals surface area contributed by atoms with Crippen LogP contribution in [0.25, 0.3) is 0 Å². The van der Waals surface area contributed by atoms with Crippen LogP contribution in [-0.4, -0.2) is 21.9 Å². The van der Waals surface area contributed by atoms with Gasteiger partial charge in [0.25, 0.3) is 0 Å². The number of pyridine rings is 1. The van der Waals surface area contributed by atoms with Crippen LogP contribution >= 0.6 is 0 Å². The first-order chi connectivity index (χ1) is 8.10. The predicted octanol–water partition coefficient (Wildman–Crippen LogP) is 1.46. The molecule has 0 aliphatic carbocycles. The lowest BCUT2D eigenvalue weighted by atomic mass is 10.4. The molecular formula is C11H15N5O. The Morgan fingerprint density at radius 1 is 1.41 bits per heavy atom. The lowest BCUT2D eigenvalue weighted by molar-refractivity contribution is 0.398. The predicted molar refractivity (Wildman–Crippen MR) is 66.4 cm³/mol. The zero-order valence-electron chi connectivity index (χ0n) is 10.1. The minimum atomic E-state index is 0.509. The molecule has 6 heteroatoms. The van der Waals surface area contributed by atoms with E-state index in [-0.39, 0.29) is 0 Å². The summed E-state index contributed by atoms with van der Waals surface area (Å²) in [5.41, 5.74) is 7.42. The molecule has 0 aromatic carbocycles. The lowest BCUT2D eigenvalue weighted by Gasteiger charge is -2.07. The van der Waals surface area contributed by atoms with Crippen LogP contribution in [0, 0.1) is 6.92 Å². The minimum absolute atomic E-state index is 0.509. The van der Waals surface area contributed by atoms with Gasteiger partial charge in [-0.2, -0.15) is 10.1 Å². The number of anilines is 3. The highest BCUT2D eigenvalue weighted by Gasteiger charge is 2.06. The van der Waals surface area contributed by atoms with Crippen molar-refractivity contribution in [2.45, 2.75) is 6.92 Å². The molecule has 0 aliphatic heterocycles. The molecule has 17 heavy (non-hydrogen) atoms. The number of rotatable bonds is 3. The zero-order chi connectivity index (χ0) is 12.4. The number of nitrogen functional groups attached to an aromatic ring is 1. The van der Waals surface area contributed by atoms with Crippen molar-refractivity contribution >= 4 is 17.3 Å². The standard InChI is InChI=1S/C11H15N5O/c1-7-6-9(15-16(7)2)13-11-8(12)4-5-10(14-11)17-3/h4-6H,12H2,1-3H3,(H,13,14,15). The number of aryl methyl sites for hydroxylation is 2. The number of ether oxygens (including phenoxy) is 1. The van der Waals surface area contributed by atoms with Gasteiger partial charge in [0, 0.05) is 24.9 Å². The van der Waals surface area contributed by atoms with Crippen molar-refractivity contribution in [2.75, 3.05) is 18.2 Å². The number of nitrogens with one attached hydrogen (secondary N) is 1. The van der Waals surface area contributed by atoms with Crippen molar-refractivity contribution in [3.05, 3.63) is 23.9 Å². The van der Waals surface area contributed by atoms with Gasteiger partial charge < -0.3 is 15.8 Å². The van der Waals surface area contributed by atoms with E-state index in [1.807, 2.05) is 20.0 Å². The van der Waals surface area contributed by atoms with Crippen LogP contribution < -0.4 is 15.8 Å². The molecule has 0 aliphatic rings. The third-order valence-corrected chi connectivity index (χ3v) is 2.47. The number of methoxy groups -OCH3 is 1. The summed E-state index contributed by atoms with van der Waals surface area (Å²) in [4.78, 5) is 4.22. The summed E-state index contributed by atoms with van der Waals surface area (Å²) in [6.45, 7) is 1.97. The molecule has 0 fully saturated rings. The number of nitrogens with zero attached hydrogens (tertiary/aromatic N) is 3. The average molecular weight is 233 g/mol. The molecule has 0 unspecified atom stereocenters. The number of nitrogens with two attached hydrogens (primary N) is 1. The van der Waals surface area contributed by atoms with Crippen LogP contribution in [-0.2, 0) is 7.05 Å². The van der Waals surface area contributed by atoms with Crippen LogP contribution in [0.5, 0.6) is 5.88 Å². The Morgan fingerprint density at radius 3 is 2.76 bits per heavy atom. The van der Waals surface area contributed by atoms with E-state index in [2.05, 4.69) is 15.4 Å². The molecule has 0 radical (unpaired) electrons. The fourth-order valence-electron chi connectivity index (χ4n) is 1.41. The average Bonchev–Trinajstić information content (AvgIpc) is 2.61. The van der Waals surface area contributed by atoms with Crippen LogP contribution in [0.3, 0.4) is 0 Å². The summed E-state index contributed by atoms with van der Waals surface area (Å²) < 4.78 is 6.82. The van der Waals surface area contributed by atoms with Crippen molar-refractivity contribution in [1.82, 2.24) is 14.8 Å². The molecule has 0 bridgehead atoms. The van der Waals surface area contributed by atoms with Gasteiger partial charge in [-0.3, -0.25) is 4.68 Å². The van der Waals surface area contributed by atoms with Crippen LogP contribution in [0.1, 0.15) is 5.69 Å². The van der Waals surface area contributed by atoms with Crippen LogP contribution in [0.2, 0.25) is 0 Å². The van der Waals surface area contributed by atoms with Gasteiger partial charge >= 0.3 is 0 Å². The summed E-state index contributed by atoms with van der Waals surface area (Å²) in [7, 11) is 3.44. The zero-order valence-corrected chi connectivity index (χ0v) is 10.1. The van der Waals surface area contributed by atoms with Gasteiger partial charge in [-0.15, -0.1) is 0 Å². The van der Waals surface area contributed by atoms with Crippen LogP contribution in [0.15, 0.2) is 18.2 Å². The molecule has 0 saturated heterocycles. The molecule has 0 saturated carbocycles. The number of aromatic nitrogens is 3. The summed E-state index contributed by atoms with van der Waals surface area (Å²) >= 11 is 0. The first-order valence-electron chi connectivity index (χ1n) is 5.18. The van der Waals surface area contributed by atoms with E-state index in [1.54, 1.807) is 23.9 Å². The van der Waals surface area contributed by atoms with E-state index >= 15 is 0 Å². The van der Waals surface area contributed by atoms with E-state index in [1.165, 1.54) is 0 Å². The van der Waals surface area contributed by atoms with Gasteiger partial charge in [0.2, 0.25) is 5.88 Å². The molecule has 90 valence electrons.